The molecule has 0 aliphatic carbocycles. The first-order valence-electron chi connectivity index (χ1n) is 10.9. The van der Waals surface area contributed by atoms with Gasteiger partial charge in [-0.05, 0) is 43.6 Å². The quantitative estimate of drug-likeness (QED) is 0.667. The van der Waals surface area contributed by atoms with Gasteiger partial charge in [-0.3, -0.25) is 9.59 Å². The number of likely N-dealkylation sites (N-methyl/N-ethyl adjacent to an activating group) is 1. The summed E-state index contributed by atoms with van der Waals surface area (Å²) in [6.07, 6.45) is -3.84. The summed E-state index contributed by atoms with van der Waals surface area (Å²) in [6.45, 7) is 7.03. The average molecular weight is 500 g/mol. The van der Waals surface area contributed by atoms with E-state index in [1.165, 1.54) is 13.1 Å². The maximum atomic E-state index is 13.4. The summed E-state index contributed by atoms with van der Waals surface area (Å²) < 4.78 is 41.9. The lowest BCUT2D eigenvalue weighted by Crippen LogP contribution is -2.53. The second-order valence-electron chi connectivity index (χ2n) is 9.55. The molecular weight excluding hydrogens is 471 g/mol. The molecule has 2 amide bonds. The van der Waals surface area contributed by atoms with Crippen LogP contribution in [0.1, 0.15) is 48.9 Å². The van der Waals surface area contributed by atoms with Crippen LogP contribution in [0, 0.1) is 5.41 Å². The second kappa shape index (κ2) is 9.58. The number of carbonyl (C=O) groups excluding carboxylic acids is 2. The highest BCUT2D eigenvalue weighted by Crippen LogP contribution is 2.37. The molecular formula is C23H29ClF3N5O2. The van der Waals surface area contributed by atoms with Crippen molar-refractivity contribution in [2.24, 2.45) is 5.41 Å². The largest absolute Gasteiger partial charge is 0.416 e. The molecule has 11 heteroatoms. The zero-order valence-electron chi connectivity index (χ0n) is 19.8. The number of hydrogen-bond donors (Lipinski definition) is 2. The van der Waals surface area contributed by atoms with Crippen molar-refractivity contribution in [3.63, 3.8) is 0 Å². The van der Waals surface area contributed by atoms with E-state index in [2.05, 4.69) is 15.6 Å². The van der Waals surface area contributed by atoms with Crippen LogP contribution >= 0.6 is 11.6 Å². The Morgan fingerprint density at radius 1 is 1.18 bits per heavy atom. The molecule has 34 heavy (non-hydrogen) atoms. The fourth-order valence-corrected chi connectivity index (χ4v) is 4.20. The Morgan fingerprint density at radius 2 is 1.85 bits per heavy atom. The molecule has 1 atom stereocenters. The summed E-state index contributed by atoms with van der Waals surface area (Å²) in [7, 11) is 3.38. The molecule has 1 aromatic heterocycles. The number of carbonyl (C=O) groups is 2. The van der Waals surface area contributed by atoms with E-state index in [1.54, 1.807) is 4.57 Å². The number of rotatable bonds is 4. The topological polar surface area (TPSA) is 79.3 Å². The van der Waals surface area contributed by atoms with Crippen molar-refractivity contribution in [3.05, 3.63) is 40.2 Å². The van der Waals surface area contributed by atoms with E-state index in [4.69, 9.17) is 11.6 Å². The van der Waals surface area contributed by atoms with E-state index in [-0.39, 0.29) is 28.0 Å². The van der Waals surface area contributed by atoms with E-state index >= 15 is 0 Å². The van der Waals surface area contributed by atoms with Gasteiger partial charge in [0.15, 0.2) is 5.69 Å². The van der Waals surface area contributed by atoms with Crippen LogP contribution in [-0.4, -0.2) is 52.9 Å². The fourth-order valence-electron chi connectivity index (χ4n) is 4.00. The number of aromatic nitrogens is 2. The van der Waals surface area contributed by atoms with Crippen molar-refractivity contribution >= 4 is 23.4 Å². The van der Waals surface area contributed by atoms with Crippen LogP contribution in [0.15, 0.2) is 18.2 Å². The van der Waals surface area contributed by atoms with Gasteiger partial charge in [0.25, 0.3) is 5.91 Å². The Labute approximate surface area is 201 Å². The standard InChI is InChI=1S/C23H29ClF3N5O2/c1-22(2,3)18(21(34)28-4)30-20(33)17-16-12-31(5)9-6-10-32(16)19(29-17)14-11-13(23(25,26)27)7-8-15(14)24/h7-8,11,18H,6,9-10,12H2,1-5H3,(H,28,34)(H,30,33)/t18-/m1/s1. The van der Waals surface area contributed by atoms with Gasteiger partial charge in [-0.15, -0.1) is 0 Å². The van der Waals surface area contributed by atoms with Crippen molar-refractivity contribution in [1.82, 2.24) is 25.1 Å². The maximum absolute atomic E-state index is 13.4. The Balaban J connectivity index is 2.14. The van der Waals surface area contributed by atoms with Gasteiger partial charge in [-0.25, -0.2) is 4.98 Å². The lowest BCUT2D eigenvalue weighted by Gasteiger charge is -2.29. The predicted octanol–water partition coefficient (Wildman–Crippen LogP) is 3.95. The molecule has 0 unspecified atom stereocenters. The average Bonchev–Trinajstić information content (AvgIpc) is 2.96. The number of alkyl halides is 3. The highest BCUT2D eigenvalue weighted by atomic mass is 35.5. The van der Waals surface area contributed by atoms with E-state index < -0.39 is 29.1 Å². The molecule has 0 radical (unpaired) electrons. The lowest BCUT2D eigenvalue weighted by molar-refractivity contribution is -0.137. The number of benzene rings is 1. The molecule has 0 spiro atoms. The molecule has 3 rings (SSSR count). The zero-order valence-corrected chi connectivity index (χ0v) is 20.6. The smallest absolute Gasteiger partial charge is 0.357 e. The molecule has 1 aliphatic heterocycles. The molecule has 7 nitrogen and oxygen atoms in total. The number of amides is 2. The molecule has 1 aliphatic rings. The van der Waals surface area contributed by atoms with Crippen LogP contribution in [-0.2, 0) is 24.1 Å². The Bertz CT molecular complexity index is 1090. The van der Waals surface area contributed by atoms with Crippen LogP contribution in [0.3, 0.4) is 0 Å². The van der Waals surface area contributed by atoms with Crippen LogP contribution < -0.4 is 10.6 Å². The molecule has 0 saturated heterocycles. The highest BCUT2D eigenvalue weighted by Gasteiger charge is 2.36. The van der Waals surface area contributed by atoms with E-state index in [0.717, 1.165) is 18.7 Å². The summed E-state index contributed by atoms with van der Waals surface area (Å²) in [5.74, 6) is -0.736. The first-order chi connectivity index (χ1) is 15.7. The minimum absolute atomic E-state index is 0.0652. The number of nitrogens with zero attached hydrogens (tertiary/aromatic N) is 3. The highest BCUT2D eigenvalue weighted by molar-refractivity contribution is 6.33. The molecule has 0 saturated carbocycles. The molecule has 0 fully saturated rings. The van der Waals surface area contributed by atoms with Crippen LogP contribution in [0.2, 0.25) is 5.02 Å². The molecule has 1 aromatic carbocycles. The van der Waals surface area contributed by atoms with Gasteiger partial charge in [0.2, 0.25) is 5.91 Å². The minimum Gasteiger partial charge on any atom is -0.357 e. The van der Waals surface area contributed by atoms with Crippen molar-refractivity contribution in [3.8, 4) is 11.4 Å². The lowest BCUT2D eigenvalue weighted by atomic mass is 9.86. The predicted molar refractivity (Wildman–Crippen MR) is 123 cm³/mol. The number of halogens is 4. The first kappa shape index (κ1) is 26.0. The number of nitrogens with one attached hydrogen (secondary N) is 2. The zero-order chi connectivity index (χ0) is 25.4. The van der Waals surface area contributed by atoms with Gasteiger partial charge >= 0.3 is 6.18 Å². The number of fused-ring (bicyclic) bond motifs is 1. The molecule has 0 bridgehead atoms. The van der Waals surface area contributed by atoms with Crippen molar-refractivity contribution in [2.45, 2.75) is 52.5 Å². The van der Waals surface area contributed by atoms with E-state index in [9.17, 15) is 22.8 Å². The Morgan fingerprint density at radius 3 is 2.44 bits per heavy atom. The third-order valence-corrected chi connectivity index (χ3v) is 6.14. The van der Waals surface area contributed by atoms with E-state index in [0.29, 0.717) is 25.2 Å². The summed E-state index contributed by atoms with van der Waals surface area (Å²) in [4.78, 5) is 32.3. The molecule has 186 valence electrons. The SMILES string of the molecule is CNC(=O)[C@@H](NC(=O)c1nc(-c2cc(C(F)(F)F)ccc2Cl)n2c1CN(C)CCC2)C(C)(C)C. The second-order valence-corrected chi connectivity index (χ2v) is 9.96. The fraction of sp³-hybridized carbons (Fsp3) is 0.522. The maximum Gasteiger partial charge on any atom is 0.416 e. The van der Waals surface area contributed by atoms with Gasteiger partial charge < -0.3 is 20.1 Å². The third-order valence-electron chi connectivity index (χ3n) is 5.81. The number of imidazole rings is 1. The van der Waals surface area contributed by atoms with Gasteiger partial charge in [0.1, 0.15) is 11.9 Å². The first-order valence-corrected chi connectivity index (χ1v) is 11.3. The van der Waals surface area contributed by atoms with Crippen molar-refractivity contribution in [1.29, 1.82) is 0 Å². The van der Waals surface area contributed by atoms with Crippen molar-refractivity contribution < 1.29 is 22.8 Å². The summed E-state index contributed by atoms with van der Waals surface area (Å²) in [6, 6.07) is 2.21. The monoisotopic (exact) mass is 499 g/mol. The van der Waals surface area contributed by atoms with Gasteiger partial charge in [-0.2, -0.15) is 13.2 Å². The molecule has 2 heterocycles. The normalized spacial score (nSPS) is 15.9. The van der Waals surface area contributed by atoms with Crippen LogP contribution in [0.4, 0.5) is 13.2 Å². The Hall–Kier alpha value is -2.59. The van der Waals surface area contributed by atoms with Gasteiger partial charge in [0, 0.05) is 25.7 Å². The van der Waals surface area contributed by atoms with Crippen molar-refractivity contribution in [2.75, 3.05) is 20.6 Å². The summed E-state index contributed by atoms with van der Waals surface area (Å²) in [5.41, 5.74) is -0.717. The van der Waals surface area contributed by atoms with E-state index in [1.807, 2.05) is 32.7 Å². The van der Waals surface area contributed by atoms with Gasteiger partial charge in [-0.1, -0.05) is 32.4 Å². The summed E-state index contributed by atoms with van der Waals surface area (Å²) in [5, 5.41) is 5.42. The number of hydrogen-bond acceptors (Lipinski definition) is 4. The third kappa shape index (κ3) is 5.38. The van der Waals surface area contributed by atoms with Crippen LogP contribution in [0.5, 0.6) is 0 Å². The van der Waals surface area contributed by atoms with Gasteiger partial charge in [0.05, 0.1) is 16.3 Å². The summed E-state index contributed by atoms with van der Waals surface area (Å²) >= 11 is 6.30. The molecule has 2 aromatic rings. The Kier molecular flexibility index (Phi) is 7.33. The minimum atomic E-state index is -4.55. The molecule has 2 N–H and O–H groups in total. The van der Waals surface area contributed by atoms with Crippen LogP contribution in [0.25, 0.3) is 11.4 Å².